The molecule has 2 heterocycles. The Morgan fingerprint density at radius 3 is 2.34 bits per heavy atom. The number of nitrogens with zero attached hydrogens (tertiary/aromatic N) is 2. The molecule has 2 aliphatic rings. The lowest BCUT2D eigenvalue weighted by atomic mass is 9.95. The number of aryl methyl sites for hydroxylation is 1. The first-order chi connectivity index (χ1) is 15.4. The quantitative estimate of drug-likeness (QED) is 0.601. The molecule has 0 aliphatic carbocycles. The van der Waals surface area contributed by atoms with Crippen LogP contribution in [0.15, 0.2) is 42.5 Å². The zero-order valence-electron chi connectivity index (χ0n) is 18.3. The Morgan fingerprint density at radius 2 is 1.72 bits per heavy atom. The largest absolute Gasteiger partial charge is 0.490 e. The van der Waals surface area contributed by atoms with Crippen LogP contribution in [-0.2, 0) is 4.79 Å². The highest BCUT2D eigenvalue weighted by Gasteiger charge is 2.34. The van der Waals surface area contributed by atoms with E-state index >= 15 is 0 Å². The van der Waals surface area contributed by atoms with E-state index in [1.165, 1.54) is 0 Å². The summed E-state index contributed by atoms with van der Waals surface area (Å²) in [5, 5.41) is 10.9. The van der Waals surface area contributed by atoms with Crippen molar-refractivity contribution in [3.05, 3.63) is 63.6 Å². The molecule has 0 amide bonds. The minimum Gasteiger partial charge on any atom is -0.490 e. The first-order valence-corrected chi connectivity index (χ1v) is 12.1. The van der Waals surface area contributed by atoms with Crippen molar-refractivity contribution in [2.75, 3.05) is 26.2 Å². The van der Waals surface area contributed by atoms with Crippen molar-refractivity contribution in [2.45, 2.75) is 50.8 Å². The van der Waals surface area contributed by atoms with E-state index in [0.29, 0.717) is 16.1 Å². The van der Waals surface area contributed by atoms with Crippen LogP contribution in [0.4, 0.5) is 0 Å². The monoisotopic (exact) mass is 476 g/mol. The molecule has 0 spiro atoms. The minimum atomic E-state index is -0.769. The Kier molecular flexibility index (Phi) is 7.62. The van der Waals surface area contributed by atoms with Gasteiger partial charge >= 0.3 is 5.97 Å². The lowest BCUT2D eigenvalue weighted by Crippen LogP contribution is -2.50. The number of aliphatic carboxylic acids is 1. The predicted octanol–water partition coefficient (Wildman–Crippen LogP) is 5.44. The first kappa shape index (κ1) is 23.4. The standard InChI is InChI=1S/C25H30Cl2N2O3/c1-17-3-2-4-18(15-17)24(25(30)31)29-11-7-19(8-12-29)28-13-9-20(10-14-28)32-21-5-6-22(26)23(27)16-21/h2-6,15-16,19-20,24H,7-14H2,1H3,(H,30,31). The van der Waals surface area contributed by atoms with E-state index in [4.69, 9.17) is 27.9 Å². The second-order valence-electron chi connectivity index (χ2n) is 8.85. The maximum absolute atomic E-state index is 12.0. The summed E-state index contributed by atoms with van der Waals surface area (Å²) in [6.45, 7) is 5.60. The van der Waals surface area contributed by atoms with E-state index in [0.717, 1.165) is 68.7 Å². The number of hydrogen-bond acceptors (Lipinski definition) is 4. The van der Waals surface area contributed by atoms with Gasteiger partial charge in [0.15, 0.2) is 0 Å². The van der Waals surface area contributed by atoms with Crippen LogP contribution in [0.5, 0.6) is 5.75 Å². The number of hydrogen-bond donors (Lipinski definition) is 1. The van der Waals surface area contributed by atoms with Crippen LogP contribution in [0.2, 0.25) is 10.0 Å². The van der Waals surface area contributed by atoms with Crippen LogP contribution < -0.4 is 4.74 Å². The third-order valence-corrected chi connectivity index (χ3v) is 7.38. The van der Waals surface area contributed by atoms with Gasteiger partial charge in [-0.3, -0.25) is 9.69 Å². The highest BCUT2D eigenvalue weighted by molar-refractivity contribution is 6.42. The van der Waals surface area contributed by atoms with Gasteiger partial charge in [-0.25, -0.2) is 0 Å². The topological polar surface area (TPSA) is 53.0 Å². The van der Waals surface area contributed by atoms with Gasteiger partial charge in [0.25, 0.3) is 0 Å². The summed E-state index contributed by atoms with van der Waals surface area (Å²) in [5.74, 6) is -0.00339. The smallest absolute Gasteiger partial charge is 0.325 e. The molecule has 0 aromatic heterocycles. The minimum absolute atomic E-state index is 0.182. The molecule has 1 N–H and O–H groups in total. The van der Waals surface area contributed by atoms with Gasteiger partial charge in [0.2, 0.25) is 0 Å². The fraction of sp³-hybridized carbons (Fsp3) is 0.480. The van der Waals surface area contributed by atoms with Gasteiger partial charge in [-0.05, 0) is 50.3 Å². The Hall–Kier alpha value is -1.79. The van der Waals surface area contributed by atoms with Gasteiger partial charge in [0.1, 0.15) is 17.9 Å². The number of rotatable bonds is 6. The van der Waals surface area contributed by atoms with E-state index in [9.17, 15) is 9.90 Å². The molecule has 5 nitrogen and oxygen atoms in total. The summed E-state index contributed by atoms with van der Waals surface area (Å²) in [7, 11) is 0. The van der Waals surface area contributed by atoms with Crippen LogP contribution in [-0.4, -0.2) is 59.2 Å². The van der Waals surface area contributed by atoms with Crippen molar-refractivity contribution in [3.63, 3.8) is 0 Å². The van der Waals surface area contributed by atoms with Crippen LogP contribution >= 0.6 is 23.2 Å². The lowest BCUT2D eigenvalue weighted by Gasteiger charge is -2.43. The molecule has 7 heteroatoms. The molecule has 2 aromatic rings. The second-order valence-corrected chi connectivity index (χ2v) is 9.67. The number of halogens is 2. The molecule has 1 unspecified atom stereocenters. The summed E-state index contributed by atoms with van der Waals surface area (Å²) in [5.41, 5.74) is 1.96. The van der Waals surface area contributed by atoms with Crippen molar-refractivity contribution in [1.29, 1.82) is 0 Å². The third kappa shape index (κ3) is 5.57. The van der Waals surface area contributed by atoms with Crippen molar-refractivity contribution in [2.24, 2.45) is 0 Å². The molecular formula is C25H30Cl2N2O3. The van der Waals surface area contributed by atoms with Gasteiger partial charge in [-0.1, -0.05) is 53.0 Å². The molecular weight excluding hydrogens is 447 g/mol. The zero-order valence-corrected chi connectivity index (χ0v) is 19.9. The van der Waals surface area contributed by atoms with Crippen LogP contribution in [0.1, 0.15) is 42.9 Å². The molecule has 0 bridgehead atoms. The van der Waals surface area contributed by atoms with E-state index in [1.54, 1.807) is 12.1 Å². The molecule has 2 saturated heterocycles. The van der Waals surface area contributed by atoms with E-state index < -0.39 is 12.0 Å². The van der Waals surface area contributed by atoms with Gasteiger partial charge < -0.3 is 14.7 Å². The van der Waals surface area contributed by atoms with Gasteiger partial charge in [-0.2, -0.15) is 0 Å². The molecule has 2 aliphatic heterocycles. The SMILES string of the molecule is Cc1cccc(C(C(=O)O)N2CCC(N3CCC(Oc4ccc(Cl)c(Cl)c4)CC3)CC2)c1. The molecule has 0 saturated carbocycles. The molecule has 0 radical (unpaired) electrons. The maximum Gasteiger partial charge on any atom is 0.325 e. The van der Waals surface area contributed by atoms with Crippen molar-refractivity contribution >= 4 is 29.2 Å². The van der Waals surface area contributed by atoms with Crippen LogP contribution in [0.25, 0.3) is 0 Å². The average Bonchev–Trinajstić information content (AvgIpc) is 2.77. The Balaban J connectivity index is 1.28. The Bertz CT molecular complexity index is 939. The van der Waals surface area contributed by atoms with Crippen LogP contribution in [0, 0.1) is 6.92 Å². The molecule has 2 aromatic carbocycles. The molecule has 172 valence electrons. The Morgan fingerprint density at radius 1 is 1.00 bits per heavy atom. The fourth-order valence-corrected chi connectivity index (χ4v) is 5.25. The summed E-state index contributed by atoms with van der Waals surface area (Å²) < 4.78 is 6.12. The highest BCUT2D eigenvalue weighted by atomic mass is 35.5. The van der Waals surface area contributed by atoms with Crippen molar-refractivity contribution < 1.29 is 14.6 Å². The number of likely N-dealkylation sites (tertiary alicyclic amines) is 2. The van der Waals surface area contributed by atoms with Gasteiger partial charge in [-0.15, -0.1) is 0 Å². The highest BCUT2D eigenvalue weighted by Crippen LogP contribution is 2.31. The predicted molar refractivity (Wildman–Crippen MR) is 128 cm³/mol. The third-order valence-electron chi connectivity index (χ3n) is 6.64. The van der Waals surface area contributed by atoms with Gasteiger partial charge in [0, 0.05) is 38.3 Å². The van der Waals surface area contributed by atoms with E-state index in [-0.39, 0.29) is 6.10 Å². The summed E-state index contributed by atoms with van der Waals surface area (Å²) in [6, 6.07) is 13.2. The number of ether oxygens (including phenoxy) is 1. The number of piperidine rings is 2. The van der Waals surface area contributed by atoms with E-state index in [1.807, 2.05) is 37.3 Å². The number of carboxylic acids is 1. The van der Waals surface area contributed by atoms with E-state index in [2.05, 4.69) is 9.80 Å². The summed E-state index contributed by atoms with van der Waals surface area (Å²) in [4.78, 5) is 16.7. The zero-order chi connectivity index (χ0) is 22.7. The van der Waals surface area contributed by atoms with Gasteiger partial charge in [0.05, 0.1) is 10.0 Å². The average molecular weight is 477 g/mol. The normalized spacial score (nSPS) is 20.2. The van der Waals surface area contributed by atoms with Crippen molar-refractivity contribution in [3.8, 4) is 5.75 Å². The Labute approximate surface area is 199 Å². The van der Waals surface area contributed by atoms with Crippen molar-refractivity contribution in [1.82, 2.24) is 9.80 Å². The molecule has 2 fully saturated rings. The molecule has 1 atom stereocenters. The second kappa shape index (κ2) is 10.4. The number of benzene rings is 2. The lowest BCUT2D eigenvalue weighted by molar-refractivity contribution is -0.144. The van der Waals surface area contributed by atoms with Crippen LogP contribution in [0.3, 0.4) is 0 Å². The summed E-state index contributed by atoms with van der Waals surface area (Å²) >= 11 is 12.1. The first-order valence-electron chi connectivity index (χ1n) is 11.3. The molecule has 32 heavy (non-hydrogen) atoms. The maximum atomic E-state index is 12.0. The molecule has 4 rings (SSSR count). The number of carboxylic acid groups (broad SMARTS) is 1. The summed E-state index contributed by atoms with van der Waals surface area (Å²) in [6.07, 6.45) is 4.12. The fourth-order valence-electron chi connectivity index (χ4n) is 4.96. The number of carbonyl (C=O) groups is 1.